The maximum absolute atomic E-state index is 12.9. The molecule has 3 aromatic heterocycles. The van der Waals surface area contributed by atoms with Crippen molar-refractivity contribution in [2.24, 2.45) is 5.73 Å². The Morgan fingerprint density at radius 1 is 1.25 bits per heavy atom. The third-order valence-electron chi connectivity index (χ3n) is 4.39. The van der Waals surface area contributed by atoms with Crippen LogP contribution in [0.5, 0.6) is 0 Å². The molecule has 0 aliphatic rings. The fourth-order valence-electron chi connectivity index (χ4n) is 3.02. The van der Waals surface area contributed by atoms with Crippen LogP contribution in [-0.4, -0.2) is 22.4 Å². The Labute approximate surface area is 170 Å². The molecule has 0 saturated carbocycles. The van der Waals surface area contributed by atoms with Crippen molar-refractivity contribution in [3.05, 3.63) is 75.7 Å². The predicted molar refractivity (Wildman–Crippen MR) is 114 cm³/mol. The van der Waals surface area contributed by atoms with Crippen LogP contribution in [0.3, 0.4) is 0 Å². The van der Waals surface area contributed by atoms with Gasteiger partial charge >= 0.3 is 0 Å². The lowest BCUT2D eigenvalue weighted by atomic mass is 10.1. The minimum absolute atomic E-state index is 0.188. The zero-order valence-corrected chi connectivity index (χ0v) is 16.3. The van der Waals surface area contributed by atoms with E-state index < -0.39 is 0 Å². The Bertz CT molecular complexity index is 1120. The van der Waals surface area contributed by atoms with Crippen LogP contribution in [0.1, 0.15) is 21.3 Å². The van der Waals surface area contributed by atoms with Gasteiger partial charge in [-0.25, -0.2) is 4.98 Å². The molecule has 28 heavy (non-hydrogen) atoms. The van der Waals surface area contributed by atoms with Gasteiger partial charge in [0.1, 0.15) is 10.5 Å². The molecule has 0 saturated heterocycles. The second-order valence-corrected chi connectivity index (χ2v) is 7.56. The Morgan fingerprint density at radius 3 is 2.96 bits per heavy atom. The highest BCUT2D eigenvalue weighted by atomic mass is 35.5. The first-order valence-electron chi connectivity index (χ1n) is 8.68. The van der Waals surface area contributed by atoms with Crippen molar-refractivity contribution in [1.29, 1.82) is 0 Å². The number of pyridine rings is 1. The number of halogens is 1. The Hall–Kier alpha value is -2.87. The second kappa shape index (κ2) is 8.02. The number of nitrogens with zero attached hydrogens (tertiary/aromatic N) is 1. The van der Waals surface area contributed by atoms with E-state index in [1.807, 2.05) is 48.0 Å². The van der Waals surface area contributed by atoms with Gasteiger partial charge in [-0.1, -0.05) is 23.7 Å². The Balaban J connectivity index is 1.56. The molecular weight excluding hydrogens is 394 g/mol. The zero-order valence-electron chi connectivity index (χ0n) is 14.8. The third-order valence-corrected chi connectivity index (χ3v) is 5.54. The molecule has 1 amide bonds. The highest BCUT2D eigenvalue weighted by Gasteiger charge is 2.19. The lowest BCUT2D eigenvalue weighted by molar-refractivity contribution is 0.0942. The monoisotopic (exact) mass is 411 g/mol. The number of rotatable bonds is 6. The van der Waals surface area contributed by atoms with E-state index in [1.165, 1.54) is 11.3 Å². The van der Waals surface area contributed by atoms with Crippen LogP contribution in [0.2, 0.25) is 5.02 Å². The molecule has 1 atom stereocenters. The fraction of sp³-hybridized carbons (Fsp3) is 0.100. The molecule has 0 aliphatic carbocycles. The van der Waals surface area contributed by atoms with E-state index in [0.717, 1.165) is 28.0 Å². The molecule has 5 N–H and O–H groups in total. The minimum atomic E-state index is -0.321. The lowest BCUT2D eigenvalue weighted by Gasteiger charge is -2.18. The van der Waals surface area contributed by atoms with Gasteiger partial charge in [-0.15, -0.1) is 11.3 Å². The summed E-state index contributed by atoms with van der Waals surface area (Å²) < 4.78 is 0. The first-order valence-corrected chi connectivity index (χ1v) is 9.94. The number of aromatic nitrogens is 2. The van der Waals surface area contributed by atoms with Crippen molar-refractivity contribution in [3.8, 4) is 0 Å². The first kappa shape index (κ1) is 18.5. The summed E-state index contributed by atoms with van der Waals surface area (Å²) in [6.45, 7) is 0.272. The number of thiophene rings is 1. The summed E-state index contributed by atoms with van der Waals surface area (Å²) in [5.74, 6) is -0.188. The van der Waals surface area contributed by atoms with Crippen molar-refractivity contribution in [2.75, 3.05) is 11.9 Å². The van der Waals surface area contributed by atoms with Gasteiger partial charge in [0.15, 0.2) is 0 Å². The van der Waals surface area contributed by atoms with E-state index in [0.29, 0.717) is 9.90 Å². The summed E-state index contributed by atoms with van der Waals surface area (Å²) in [6, 6.07) is 12.7. The number of nitrogens with two attached hydrogens (primary N) is 1. The van der Waals surface area contributed by atoms with Crippen LogP contribution in [0.25, 0.3) is 11.0 Å². The number of benzene rings is 1. The maximum Gasteiger partial charge on any atom is 0.264 e. The summed E-state index contributed by atoms with van der Waals surface area (Å²) in [5.41, 5.74) is 9.16. The van der Waals surface area contributed by atoms with Crippen molar-refractivity contribution < 1.29 is 4.79 Å². The summed E-state index contributed by atoms with van der Waals surface area (Å²) in [4.78, 5) is 20.9. The third kappa shape index (κ3) is 3.73. The zero-order chi connectivity index (χ0) is 19.5. The fourth-order valence-corrected chi connectivity index (χ4v) is 3.97. The lowest BCUT2D eigenvalue weighted by Crippen LogP contribution is -2.33. The number of carbonyl (C=O) groups excluding carboxylic acids is 1. The average molecular weight is 412 g/mol. The highest BCUT2D eigenvalue weighted by molar-refractivity contribution is 7.12. The molecule has 0 spiro atoms. The smallest absolute Gasteiger partial charge is 0.264 e. The van der Waals surface area contributed by atoms with E-state index in [9.17, 15) is 4.79 Å². The number of carbonyl (C=O) groups is 1. The van der Waals surface area contributed by atoms with E-state index >= 15 is 0 Å². The molecule has 0 bridgehead atoms. The van der Waals surface area contributed by atoms with Crippen LogP contribution >= 0.6 is 22.9 Å². The topological polar surface area (TPSA) is 95.8 Å². The number of amides is 1. The quantitative estimate of drug-likeness (QED) is 0.377. The molecule has 0 radical (unpaired) electrons. The van der Waals surface area contributed by atoms with Gasteiger partial charge in [0.25, 0.3) is 5.91 Å². The molecule has 1 aromatic carbocycles. The average Bonchev–Trinajstić information content (AvgIpc) is 3.35. The van der Waals surface area contributed by atoms with Crippen molar-refractivity contribution in [3.63, 3.8) is 0 Å². The highest BCUT2D eigenvalue weighted by Crippen LogP contribution is 2.30. The molecular formula is C20H18ClN5OS. The molecule has 0 unspecified atom stereocenters. The largest absolute Gasteiger partial charge is 0.354 e. The molecule has 142 valence electrons. The van der Waals surface area contributed by atoms with E-state index in [4.69, 9.17) is 17.3 Å². The number of hydrogen-bond donors (Lipinski definition) is 4. The van der Waals surface area contributed by atoms with Gasteiger partial charge in [-0.3, -0.25) is 4.79 Å². The van der Waals surface area contributed by atoms with Gasteiger partial charge in [-0.2, -0.15) is 0 Å². The van der Waals surface area contributed by atoms with Crippen LogP contribution in [-0.2, 0) is 0 Å². The number of nitrogens with one attached hydrogen (secondary N) is 3. The van der Waals surface area contributed by atoms with Gasteiger partial charge in [-0.05, 0) is 41.3 Å². The van der Waals surface area contributed by atoms with Crippen molar-refractivity contribution in [2.45, 2.75) is 6.04 Å². The summed E-state index contributed by atoms with van der Waals surface area (Å²) >= 11 is 7.44. The van der Waals surface area contributed by atoms with Gasteiger partial charge < -0.3 is 21.4 Å². The molecule has 6 nitrogen and oxygen atoms in total. The molecule has 4 rings (SSSR count). The molecule has 0 aliphatic heterocycles. The van der Waals surface area contributed by atoms with E-state index in [-0.39, 0.29) is 18.5 Å². The maximum atomic E-state index is 12.9. The minimum Gasteiger partial charge on any atom is -0.354 e. The van der Waals surface area contributed by atoms with E-state index in [1.54, 1.807) is 12.3 Å². The standard InChI is InChI=1S/C20H18ClN5OS/c21-13-3-1-2-12(10-13)17(11-22)26-20(27)18-16(6-9-28-18)25-15-5-8-24-19-14(15)4-7-23-19/h1-10,17H,11,22H2,(H,26,27)(H2,23,24,25)/t17-/m1/s1. The Kier molecular flexibility index (Phi) is 5.29. The normalized spacial score (nSPS) is 12.1. The van der Waals surface area contributed by atoms with Crippen molar-refractivity contribution >= 4 is 51.3 Å². The summed E-state index contributed by atoms with van der Waals surface area (Å²) in [7, 11) is 0. The SMILES string of the molecule is NC[C@@H](NC(=O)c1sccc1Nc1ccnc2[nH]ccc12)c1cccc(Cl)c1. The molecule has 4 aromatic rings. The van der Waals surface area contributed by atoms with Gasteiger partial charge in [0.05, 0.1) is 17.4 Å². The predicted octanol–water partition coefficient (Wildman–Crippen LogP) is 4.45. The number of aromatic amines is 1. The van der Waals surface area contributed by atoms with Crippen LogP contribution in [0, 0.1) is 0 Å². The number of H-pyrrole nitrogens is 1. The Morgan fingerprint density at radius 2 is 2.14 bits per heavy atom. The second-order valence-electron chi connectivity index (χ2n) is 6.20. The van der Waals surface area contributed by atoms with E-state index in [2.05, 4.69) is 20.6 Å². The van der Waals surface area contributed by atoms with Crippen LogP contribution < -0.4 is 16.4 Å². The van der Waals surface area contributed by atoms with Crippen LogP contribution in [0.4, 0.5) is 11.4 Å². The van der Waals surface area contributed by atoms with Crippen LogP contribution in [0.15, 0.2) is 60.2 Å². The van der Waals surface area contributed by atoms with Gasteiger partial charge in [0, 0.05) is 29.3 Å². The molecule has 8 heteroatoms. The van der Waals surface area contributed by atoms with Gasteiger partial charge in [0.2, 0.25) is 0 Å². The molecule has 0 fully saturated rings. The summed E-state index contributed by atoms with van der Waals surface area (Å²) in [5, 5.41) is 9.78. The molecule has 3 heterocycles. The van der Waals surface area contributed by atoms with Crippen molar-refractivity contribution in [1.82, 2.24) is 15.3 Å². The number of fused-ring (bicyclic) bond motifs is 1. The number of anilines is 2. The first-order chi connectivity index (χ1) is 13.7. The number of hydrogen-bond acceptors (Lipinski definition) is 5. The summed E-state index contributed by atoms with van der Waals surface area (Å²) in [6.07, 6.45) is 3.55.